The van der Waals surface area contributed by atoms with E-state index in [1.807, 2.05) is 26.1 Å². The summed E-state index contributed by atoms with van der Waals surface area (Å²) in [5, 5.41) is 9.81. The van der Waals surface area contributed by atoms with Crippen molar-refractivity contribution >= 4 is 10.8 Å². The molecule has 0 saturated carbocycles. The van der Waals surface area contributed by atoms with Gasteiger partial charge in [0.15, 0.2) is 5.76 Å². The lowest BCUT2D eigenvalue weighted by Crippen LogP contribution is -2.25. The molecule has 4 heteroatoms. The molecule has 0 saturated heterocycles. The van der Waals surface area contributed by atoms with Gasteiger partial charge in [0.05, 0.1) is 11.8 Å². The third-order valence-electron chi connectivity index (χ3n) is 5.20. The molecule has 148 valence electrons. The maximum atomic E-state index is 6.43. The Labute approximate surface area is 171 Å². The van der Waals surface area contributed by atoms with E-state index in [1.165, 1.54) is 16.3 Å². The first kappa shape index (κ1) is 19.4. The van der Waals surface area contributed by atoms with Crippen molar-refractivity contribution in [2.24, 2.45) is 0 Å². The van der Waals surface area contributed by atoms with Crippen LogP contribution in [0.1, 0.15) is 34.6 Å². The highest BCUT2D eigenvalue weighted by molar-refractivity contribution is 5.83. The molecule has 0 aliphatic rings. The lowest BCUT2D eigenvalue weighted by molar-refractivity contribution is 0.00986. The van der Waals surface area contributed by atoms with Gasteiger partial charge in [0.25, 0.3) is 0 Å². The number of fused-ring (bicyclic) bond motifs is 1. The summed E-state index contributed by atoms with van der Waals surface area (Å²) in [6.45, 7) is 3.10. The molecule has 0 radical (unpaired) electrons. The monoisotopic (exact) mass is 386 g/mol. The van der Waals surface area contributed by atoms with Crippen molar-refractivity contribution in [3.05, 3.63) is 101 Å². The van der Waals surface area contributed by atoms with Crippen LogP contribution in [0, 0.1) is 6.92 Å². The third kappa shape index (κ3) is 4.56. The molecule has 0 spiro atoms. The minimum atomic E-state index is -0.116. The number of hydrogen-bond acceptors (Lipinski definition) is 4. The van der Waals surface area contributed by atoms with E-state index in [9.17, 15) is 0 Å². The van der Waals surface area contributed by atoms with Crippen LogP contribution in [-0.2, 0) is 11.3 Å². The summed E-state index contributed by atoms with van der Waals surface area (Å²) in [5.41, 5.74) is 3.26. The van der Waals surface area contributed by atoms with Gasteiger partial charge in [0.2, 0.25) is 0 Å². The molecule has 0 aliphatic carbocycles. The van der Waals surface area contributed by atoms with E-state index in [-0.39, 0.29) is 12.0 Å². The van der Waals surface area contributed by atoms with Gasteiger partial charge in [-0.15, -0.1) is 0 Å². The predicted octanol–water partition coefficient (Wildman–Crippen LogP) is 5.40. The lowest BCUT2D eigenvalue weighted by atomic mass is 9.87. The van der Waals surface area contributed by atoms with Crippen molar-refractivity contribution in [3.63, 3.8) is 0 Å². The second-order valence-electron chi connectivity index (χ2n) is 7.35. The number of aromatic nitrogens is 1. The van der Waals surface area contributed by atoms with Crippen LogP contribution in [0.15, 0.2) is 83.4 Å². The Bertz CT molecular complexity index is 1060. The first-order chi connectivity index (χ1) is 14.2. The second-order valence-corrected chi connectivity index (χ2v) is 7.35. The molecule has 1 N–H and O–H groups in total. The Balaban J connectivity index is 1.69. The summed E-state index contributed by atoms with van der Waals surface area (Å²) < 4.78 is 11.8. The van der Waals surface area contributed by atoms with Gasteiger partial charge < -0.3 is 14.6 Å². The van der Waals surface area contributed by atoms with Crippen molar-refractivity contribution in [1.82, 2.24) is 10.5 Å². The fourth-order valence-corrected chi connectivity index (χ4v) is 3.80. The fourth-order valence-electron chi connectivity index (χ4n) is 3.80. The van der Waals surface area contributed by atoms with Gasteiger partial charge in [-0.05, 0) is 35.9 Å². The molecule has 2 atom stereocenters. The molecule has 2 unspecified atom stereocenters. The van der Waals surface area contributed by atoms with Gasteiger partial charge in [-0.1, -0.05) is 78.0 Å². The average Bonchev–Trinajstić information content (AvgIpc) is 3.18. The molecule has 0 bridgehead atoms. The Morgan fingerprint density at radius 2 is 1.66 bits per heavy atom. The Hall–Kier alpha value is -2.95. The topological polar surface area (TPSA) is 47.3 Å². The lowest BCUT2D eigenvalue weighted by Gasteiger charge is -2.28. The second kappa shape index (κ2) is 9.03. The SMILES string of the molecule is CNCC(c1ccc2ccccc2c1)C(OCc1cc(C)no1)c1ccccc1. The Morgan fingerprint density at radius 3 is 2.38 bits per heavy atom. The average molecular weight is 386 g/mol. The van der Waals surface area contributed by atoms with Gasteiger partial charge in [0.1, 0.15) is 6.61 Å². The number of ether oxygens (including phenoxy) is 1. The zero-order chi connectivity index (χ0) is 20.1. The predicted molar refractivity (Wildman–Crippen MR) is 116 cm³/mol. The number of benzene rings is 3. The van der Waals surface area contributed by atoms with Crippen LogP contribution in [0.4, 0.5) is 0 Å². The molecule has 4 aromatic rings. The largest absolute Gasteiger partial charge is 0.365 e. The highest BCUT2D eigenvalue weighted by Crippen LogP contribution is 2.36. The standard InChI is InChI=1S/C25H26N2O2/c1-18-14-23(29-27-18)17-28-25(20-9-4-3-5-10-20)24(16-26-2)22-13-12-19-8-6-7-11-21(19)15-22/h3-15,24-26H,16-17H2,1-2H3. The molecule has 29 heavy (non-hydrogen) atoms. The van der Waals surface area contributed by atoms with E-state index < -0.39 is 0 Å². The number of nitrogens with zero attached hydrogens (tertiary/aromatic N) is 1. The number of nitrogens with one attached hydrogen (secondary N) is 1. The third-order valence-corrected chi connectivity index (χ3v) is 5.20. The van der Waals surface area contributed by atoms with Crippen LogP contribution in [-0.4, -0.2) is 18.7 Å². The summed E-state index contributed by atoms with van der Waals surface area (Å²) in [5.74, 6) is 0.890. The van der Waals surface area contributed by atoms with Crippen LogP contribution in [0.2, 0.25) is 0 Å². The summed E-state index contributed by atoms with van der Waals surface area (Å²) >= 11 is 0. The minimum Gasteiger partial charge on any atom is -0.365 e. The van der Waals surface area contributed by atoms with Crippen LogP contribution >= 0.6 is 0 Å². The van der Waals surface area contributed by atoms with E-state index in [2.05, 4.69) is 77.2 Å². The van der Waals surface area contributed by atoms with Crippen LogP contribution in [0.3, 0.4) is 0 Å². The molecular formula is C25H26N2O2. The fraction of sp³-hybridized carbons (Fsp3) is 0.240. The summed E-state index contributed by atoms with van der Waals surface area (Å²) in [4.78, 5) is 0. The molecule has 0 fully saturated rings. The Kier molecular flexibility index (Phi) is 6.03. The first-order valence-electron chi connectivity index (χ1n) is 9.96. The van der Waals surface area contributed by atoms with Gasteiger partial charge in [0, 0.05) is 18.5 Å². The summed E-state index contributed by atoms with van der Waals surface area (Å²) in [7, 11) is 1.98. The maximum Gasteiger partial charge on any atom is 0.162 e. The molecule has 1 aromatic heterocycles. The van der Waals surface area contributed by atoms with E-state index in [1.54, 1.807) is 0 Å². The molecular weight excluding hydrogens is 360 g/mol. The van der Waals surface area contributed by atoms with Crippen molar-refractivity contribution in [3.8, 4) is 0 Å². The van der Waals surface area contributed by atoms with E-state index in [0.29, 0.717) is 6.61 Å². The van der Waals surface area contributed by atoms with Crippen molar-refractivity contribution in [2.75, 3.05) is 13.6 Å². The summed E-state index contributed by atoms with van der Waals surface area (Å²) in [6, 6.07) is 27.4. The van der Waals surface area contributed by atoms with Crippen LogP contribution in [0.25, 0.3) is 10.8 Å². The van der Waals surface area contributed by atoms with Crippen LogP contribution in [0.5, 0.6) is 0 Å². The highest BCUT2D eigenvalue weighted by atomic mass is 16.5. The molecule has 4 rings (SSSR count). The molecule has 4 nitrogen and oxygen atoms in total. The smallest absolute Gasteiger partial charge is 0.162 e. The van der Waals surface area contributed by atoms with Gasteiger partial charge in [-0.25, -0.2) is 0 Å². The minimum absolute atomic E-state index is 0.116. The van der Waals surface area contributed by atoms with Crippen molar-refractivity contribution < 1.29 is 9.26 Å². The highest BCUT2D eigenvalue weighted by Gasteiger charge is 2.26. The first-order valence-corrected chi connectivity index (χ1v) is 9.96. The zero-order valence-corrected chi connectivity index (χ0v) is 16.8. The van der Waals surface area contributed by atoms with Crippen molar-refractivity contribution in [2.45, 2.75) is 25.6 Å². The van der Waals surface area contributed by atoms with E-state index >= 15 is 0 Å². The zero-order valence-electron chi connectivity index (χ0n) is 16.8. The molecule has 0 aliphatic heterocycles. The van der Waals surface area contributed by atoms with E-state index in [0.717, 1.165) is 23.6 Å². The van der Waals surface area contributed by atoms with Gasteiger partial charge in [-0.3, -0.25) is 0 Å². The molecule has 0 amide bonds. The van der Waals surface area contributed by atoms with Crippen molar-refractivity contribution in [1.29, 1.82) is 0 Å². The van der Waals surface area contributed by atoms with E-state index in [4.69, 9.17) is 9.26 Å². The number of likely N-dealkylation sites (N-methyl/N-ethyl adjacent to an activating group) is 1. The normalized spacial score (nSPS) is 13.4. The van der Waals surface area contributed by atoms with Gasteiger partial charge in [-0.2, -0.15) is 0 Å². The van der Waals surface area contributed by atoms with Gasteiger partial charge >= 0.3 is 0 Å². The molecule has 3 aromatic carbocycles. The quantitative estimate of drug-likeness (QED) is 0.441. The van der Waals surface area contributed by atoms with Crippen LogP contribution < -0.4 is 5.32 Å². The maximum absolute atomic E-state index is 6.43. The summed E-state index contributed by atoms with van der Waals surface area (Å²) in [6.07, 6.45) is -0.116. The number of aryl methyl sites for hydroxylation is 1. The Morgan fingerprint density at radius 1 is 0.897 bits per heavy atom. The number of rotatable bonds is 8. The molecule has 1 heterocycles. The number of hydrogen-bond donors (Lipinski definition) is 1.